The molecule has 0 amide bonds. The van der Waals surface area contributed by atoms with Crippen molar-refractivity contribution in [1.82, 2.24) is 19.7 Å². The van der Waals surface area contributed by atoms with Crippen molar-refractivity contribution in [1.29, 1.82) is 0 Å². The Bertz CT molecular complexity index is 1240. The second kappa shape index (κ2) is 11.1. The molecule has 168 valence electrons. The van der Waals surface area contributed by atoms with Gasteiger partial charge in [0.2, 0.25) is 0 Å². The number of fused-ring (bicyclic) bond motifs is 1. The fourth-order valence-electron chi connectivity index (χ4n) is 3.94. The summed E-state index contributed by atoms with van der Waals surface area (Å²) in [7, 11) is 0. The van der Waals surface area contributed by atoms with E-state index in [-0.39, 0.29) is 0 Å². The molecule has 4 aromatic rings. The highest BCUT2D eigenvalue weighted by Gasteiger charge is 2.11. The summed E-state index contributed by atoms with van der Waals surface area (Å²) < 4.78 is 2.05. The molecule has 0 N–H and O–H groups in total. The quantitative estimate of drug-likeness (QED) is 0.339. The van der Waals surface area contributed by atoms with Crippen LogP contribution in [0.15, 0.2) is 67.0 Å². The van der Waals surface area contributed by atoms with Gasteiger partial charge in [0, 0.05) is 40.5 Å². The van der Waals surface area contributed by atoms with Crippen LogP contribution in [0.25, 0.3) is 22.0 Å². The lowest BCUT2D eigenvalue weighted by molar-refractivity contribution is 0.316. The largest absolute Gasteiger partial charge is 0.301 e. The van der Waals surface area contributed by atoms with Crippen molar-refractivity contribution in [3.05, 3.63) is 83.3 Å². The van der Waals surface area contributed by atoms with E-state index in [1.54, 1.807) is 0 Å². The Kier molecular flexibility index (Phi) is 7.78. The van der Waals surface area contributed by atoms with Gasteiger partial charge in [-0.05, 0) is 73.8 Å². The van der Waals surface area contributed by atoms with Crippen LogP contribution in [-0.2, 0) is 6.54 Å². The number of nitrogens with zero attached hydrogens (tertiary/aromatic N) is 4. The Morgan fingerprint density at radius 3 is 2.36 bits per heavy atom. The molecular weight excluding hydrogens is 428 g/mol. The molecule has 33 heavy (non-hydrogen) atoms. The number of halogens is 1. The van der Waals surface area contributed by atoms with Gasteiger partial charge in [-0.1, -0.05) is 49.6 Å². The normalized spacial score (nSPS) is 13.3. The maximum atomic E-state index is 5.96. The molecular formula is C28H29ClN4. The third kappa shape index (κ3) is 6.01. The summed E-state index contributed by atoms with van der Waals surface area (Å²) in [5, 5.41) is 6.55. The van der Waals surface area contributed by atoms with Gasteiger partial charge in [-0.25, -0.2) is 4.98 Å². The van der Waals surface area contributed by atoms with Crippen LogP contribution in [0.2, 0.25) is 5.02 Å². The van der Waals surface area contributed by atoms with Crippen molar-refractivity contribution < 1.29 is 0 Å². The van der Waals surface area contributed by atoms with E-state index in [0.29, 0.717) is 0 Å². The molecule has 0 atom stereocenters. The number of likely N-dealkylation sites (tertiary alicyclic amines) is 1. The SMILES string of the molecule is CC.Clc1ccc(-c2ccc(C#Cc3ccc4nn(CCN5CCCC5)cc4c3)nc2)cc1. The number of aromatic nitrogens is 3. The van der Waals surface area contributed by atoms with E-state index in [9.17, 15) is 0 Å². The molecule has 2 aromatic carbocycles. The first-order valence-electron chi connectivity index (χ1n) is 11.7. The average Bonchev–Trinajstić information content (AvgIpc) is 3.53. The summed E-state index contributed by atoms with van der Waals surface area (Å²) in [4.78, 5) is 7.00. The van der Waals surface area contributed by atoms with E-state index < -0.39 is 0 Å². The summed E-state index contributed by atoms with van der Waals surface area (Å²) in [5.41, 5.74) is 4.86. The van der Waals surface area contributed by atoms with E-state index in [0.717, 1.165) is 51.4 Å². The molecule has 5 rings (SSSR count). The molecule has 5 heteroatoms. The van der Waals surface area contributed by atoms with Gasteiger partial charge in [-0.15, -0.1) is 0 Å². The van der Waals surface area contributed by atoms with Crippen LogP contribution in [0.1, 0.15) is 37.9 Å². The Morgan fingerprint density at radius 1 is 0.879 bits per heavy atom. The second-order valence-corrected chi connectivity index (χ2v) is 8.34. The molecule has 1 fully saturated rings. The number of hydrogen-bond donors (Lipinski definition) is 0. The number of benzene rings is 2. The second-order valence-electron chi connectivity index (χ2n) is 7.90. The summed E-state index contributed by atoms with van der Waals surface area (Å²) in [6.45, 7) is 8.43. The summed E-state index contributed by atoms with van der Waals surface area (Å²) in [6, 6.07) is 17.9. The van der Waals surface area contributed by atoms with Gasteiger partial charge in [0.05, 0.1) is 12.1 Å². The standard InChI is InChI=1S/C26H23ClN4.C2H6/c27-24-8-5-21(6-9-24)22-7-11-25(28-18-22)10-3-20-4-12-26-23(17-20)19-31(29-26)16-15-30-13-1-2-14-30;1-2/h4-9,11-12,17-19H,1-2,13-16H2;1-2H3. The van der Waals surface area contributed by atoms with Crippen LogP contribution in [-0.4, -0.2) is 39.3 Å². The molecule has 1 aliphatic heterocycles. The minimum absolute atomic E-state index is 0.730. The lowest BCUT2D eigenvalue weighted by atomic mass is 10.1. The van der Waals surface area contributed by atoms with Crippen molar-refractivity contribution in [2.24, 2.45) is 0 Å². The van der Waals surface area contributed by atoms with Crippen LogP contribution in [0.4, 0.5) is 0 Å². The fraction of sp³-hybridized carbons (Fsp3) is 0.286. The maximum Gasteiger partial charge on any atom is 0.113 e. The average molecular weight is 457 g/mol. The molecule has 0 radical (unpaired) electrons. The first-order chi connectivity index (χ1) is 16.2. The third-order valence-corrected chi connectivity index (χ3v) is 5.92. The van der Waals surface area contributed by atoms with Gasteiger partial charge in [-0.3, -0.25) is 4.68 Å². The summed E-state index contributed by atoms with van der Waals surface area (Å²) >= 11 is 5.96. The van der Waals surface area contributed by atoms with Crippen LogP contribution in [0.5, 0.6) is 0 Å². The third-order valence-electron chi connectivity index (χ3n) is 5.67. The molecule has 0 saturated carbocycles. The molecule has 2 aromatic heterocycles. The Labute approximate surface area is 201 Å². The summed E-state index contributed by atoms with van der Waals surface area (Å²) in [6.07, 6.45) is 6.61. The molecule has 0 aliphatic carbocycles. The van der Waals surface area contributed by atoms with E-state index >= 15 is 0 Å². The van der Waals surface area contributed by atoms with Crippen molar-refractivity contribution in [3.8, 4) is 23.0 Å². The molecule has 1 saturated heterocycles. The highest BCUT2D eigenvalue weighted by atomic mass is 35.5. The number of pyridine rings is 1. The first kappa shape index (κ1) is 23.0. The first-order valence-corrected chi connectivity index (χ1v) is 12.0. The zero-order chi connectivity index (χ0) is 23.0. The number of hydrogen-bond acceptors (Lipinski definition) is 3. The van der Waals surface area contributed by atoms with Gasteiger partial charge in [0.1, 0.15) is 5.69 Å². The maximum absolute atomic E-state index is 5.96. The smallest absolute Gasteiger partial charge is 0.113 e. The molecule has 0 bridgehead atoms. The Morgan fingerprint density at radius 2 is 1.64 bits per heavy atom. The van der Waals surface area contributed by atoms with E-state index in [2.05, 4.69) is 38.7 Å². The monoisotopic (exact) mass is 456 g/mol. The fourth-order valence-corrected chi connectivity index (χ4v) is 4.06. The van der Waals surface area contributed by atoms with Gasteiger partial charge in [0.15, 0.2) is 0 Å². The predicted octanol–water partition coefficient (Wildman–Crippen LogP) is 6.27. The van der Waals surface area contributed by atoms with Crippen LogP contribution < -0.4 is 0 Å². The number of rotatable bonds is 4. The van der Waals surface area contributed by atoms with Gasteiger partial charge >= 0.3 is 0 Å². The minimum atomic E-state index is 0.730. The molecule has 1 aliphatic rings. The van der Waals surface area contributed by atoms with Gasteiger partial charge < -0.3 is 4.90 Å². The molecule has 0 spiro atoms. The lowest BCUT2D eigenvalue weighted by Crippen LogP contribution is -2.24. The molecule has 3 heterocycles. The van der Waals surface area contributed by atoms with Crippen LogP contribution in [0, 0.1) is 11.8 Å². The van der Waals surface area contributed by atoms with E-state index in [1.807, 2.05) is 68.6 Å². The van der Waals surface area contributed by atoms with Gasteiger partial charge in [0.25, 0.3) is 0 Å². The van der Waals surface area contributed by atoms with Gasteiger partial charge in [-0.2, -0.15) is 5.10 Å². The summed E-state index contributed by atoms with van der Waals surface area (Å²) in [5.74, 6) is 6.40. The highest BCUT2D eigenvalue weighted by Crippen LogP contribution is 2.21. The van der Waals surface area contributed by atoms with Crippen molar-refractivity contribution >= 4 is 22.5 Å². The van der Waals surface area contributed by atoms with Crippen molar-refractivity contribution in [2.75, 3.05) is 19.6 Å². The predicted molar refractivity (Wildman–Crippen MR) is 137 cm³/mol. The zero-order valence-corrected chi connectivity index (χ0v) is 20.0. The van der Waals surface area contributed by atoms with Crippen LogP contribution >= 0.6 is 11.6 Å². The Balaban J connectivity index is 0.00000126. The van der Waals surface area contributed by atoms with Crippen LogP contribution in [0.3, 0.4) is 0 Å². The highest BCUT2D eigenvalue weighted by molar-refractivity contribution is 6.30. The van der Waals surface area contributed by atoms with E-state index in [4.69, 9.17) is 16.7 Å². The van der Waals surface area contributed by atoms with Crippen molar-refractivity contribution in [3.63, 3.8) is 0 Å². The zero-order valence-electron chi connectivity index (χ0n) is 19.3. The minimum Gasteiger partial charge on any atom is -0.301 e. The Hall–Kier alpha value is -3.13. The van der Waals surface area contributed by atoms with E-state index in [1.165, 1.54) is 25.9 Å². The molecule has 4 nitrogen and oxygen atoms in total. The topological polar surface area (TPSA) is 34.0 Å². The molecule has 0 unspecified atom stereocenters. The lowest BCUT2D eigenvalue weighted by Gasteiger charge is -2.13. The van der Waals surface area contributed by atoms with Crippen molar-refractivity contribution in [2.45, 2.75) is 33.2 Å².